The minimum atomic E-state index is 0.435. The van der Waals surface area contributed by atoms with Gasteiger partial charge in [0.1, 0.15) is 11.6 Å². The van der Waals surface area contributed by atoms with Gasteiger partial charge in [0.15, 0.2) is 0 Å². The second-order valence-corrected chi connectivity index (χ2v) is 5.71. The molecule has 0 amide bonds. The average Bonchev–Trinajstić information content (AvgIpc) is 2.68. The summed E-state index contributed by atoms with van der Waals surface area (Å²) in [4.78, 5) is 15.4. The predicted octanol–water partition coefficient (Wildman–Crippen LogP) is 2.45. The molecule has 0 bridgehead atoms. The molecule has 6 nitrogen and oxygen atoms in total. The molecule has 0 radical (unpaired) electrons. The fourth-order valence-electron chi connectivity index (χ4n) is 2.92. The van der Waals surface area contributed by atoms with Crippen LogP contribution in [0.25, 0.3) is 0 Å². The Labute approximate surface area is 140 Å². The van der Waals surface area contributed by atoms with Crippen LogP contribution in [-0.2, 0) is 13.0 Å². The lowest BCUT2D eigenvalue weighted by molar-refractivity contribution is 0.718. The first-order chi connectivity index (χ1) is 11.8. The van der Waals surface area contributed by atoms with Crippen LogP contribution in [0.3, 0.4) is 0 Å². The number of rotatable bonds is 3. The number of anilines is 3. The SMILES string of the molecule is NN(c1ccccn1)c1nccc(N2CCc3ccccc3C2)n1. The maximum absolute atomic E-state index is 6.12. The highest BCUT2D eigenvalue weighted by Gasteiger charge is 2.18. The van der Waals surface area contributed by atoms with Gasteiger partial charge in [0, 0.05) is 25.5 Å². The van der Waals surface area contributed by atoms with Crippen molar-refractivity contribution >= 4 is 17.6 Å². The molecular weight excluding hydrogens is 300 g/mol. The van der Waals surface area contributed by atoms with Crippen molar-refractivity contribution in [2.24, 2.45) is 5.84 Å². The molecule has 0 saturated heterocycles. The van der Waals surface area contributed by atoms with Crippen LogP contribution >= 0.6 is 0 Å². The molecule has 0 fully saturated rings. The van der Waals surface area contributed by atoms with Crippen LogP contribution in [0.1, 0.15) is 11.1 Å². The van der Waals surface area contributed by atoms with Gasteiger partial charge in [-0.15, -0.1) is 0 Å². The van der Waals surface area contributed by atoms with Gasteiger partial charge >= 0.3 is 0 Å². The van der Waals surface area contributed by atoms with Gasteiger partial charge in [-0.05, 0) is 35.7 Å². The summed E-state index contributed by atoms with van der Waals surface area (Å²) in [5, 5.41) is 1.40. The van der Waals surface area contributed by atoms with Crippen molar-refractivity contribution in [2.45, 2.75) is 13.0 Å². The van der Waals surface area contributed by atoms with E-state index < -0.39 is 0 Å². The predicted molar refractivity (Wildman–Crippen MR) is 93.8 cm³/mol. The van der Waals surface area contributed by atoms with Crippen molar-refractivity contribution in [3.05, 3.63) is 72.1 Å². The van der Waals surface area contributed by atoms with E-state index >= 15 is 0 Å². The van der Waals surface area contributed by atoms with E-state index in [2.05, 4.69) is 44.1 Å². The van der Waals surface area contributed by atoms with Crippen molar-refractivity contribution in [3.63, 3.8) is 0 Å². The third-order valence-electron chi connectivity index (χ3n) is 4.19. The Morgan fingerprint density at radius 3 is 2.58 bits per heavy atom. The Hall–Kier alpha value is -2.99. The lowest BCUT2D eigenvalue weighted by Gasteiger charge is -2.30. The van der Waals surface area contributed by atoms with Gasteiger partial charge in [-0.25, -0.2) is 20.8 Å². The minimum absolute atomic E-state index is 0.435. The molecule has 1 aromatic carbocycles. The molecule has 3 heterocycles. The highest BCUT2D eigenvalue weighted by molar-refractivity contribution is 5.53. The maximum atomic E-state index is 6.12. The number of pyridine rings is 1. The number of nitrogens with two attached hydrogens (primary N) is 1. The third-order valence-corrected chi connectivity index (χ3v) is 4.19. The summed E-state index contributed by atoms with van der Waals surface area (Å²) >= 11 is 0. The summed E-state index contributed by atoms with van der Waals surface area (Å²) in [6.45, 7) is 1.78. The molecule has 2 N–H and O–H groups in total. The largest absolute Gasteiger partial charge is 0.352 e. The third kappa shape index (κ3) is 2.79. The maximum Gasteiger partial charge on any atom is 0.247 e. The van der Waals surface area contributed by atoms with Crippen molar-refractivity contribution in [1.29, 1.82) is 0 Å². The molecule has 0 aliphatic carbocycles. The van der Waals surface area contributed by atoms with Crippen LogP contribution in [0.2, 0.25) is 0 Å². The van der Waals surface area contributed by atoms with Gasteiger partial charge < -0.3 is 4.90 Å². The van der Waals surface area contributed by atoms with Crippen molar-refractivity contribution in [2.75, 3.05) is 16.5 Å². The summed E-state index contributed by atoms with van der Waals surface area (Å²) in [5.74, 6) is 8.04. The summed E-state index contributed by atoms with van der Waals surface area (Å²) in [7, 11) is 0. The highest BCUT2D eigenvalue weighted by Crippen LogP contribution is 2.24. The van der Waals surface area contributed by atoms with E-state index in [9.17, 15) is 0 Å². The number of hydrogen-bond donors (Lipinski definition) is 1. The smallest absolute Gasteiger partial charge is 0.247 e. The Balaban J connectivity index is 1.60. The fraction of sp³-hybridized carbons (Fsp3) is 0.167. The Morgan fingerprint density at radius 2 is 1.75 bits per heavy atom. The monoisotopic (exact) mass is 318 g/mol. The van der Waals surface area contributed by atoms with E-state index in [0.717, 1.165) is 25.3 Å². The molecular formula is C18H18N6. The molecule has 0 saturated carbocycles. The van der Waals surface area contributed by atoms with Crippen LogP contribution in [0.5, 0.6) is 0 Å². The Morgan fingerprint density at radius 1 is 0.917 bits per heavy atom. The number of fused-ring (bicyclic) bond motifs is 1. The molecule has 2 aromatic heterocycles. The van der Waals surface area contributed by atoms with Crippen LogP contribution in [-0.4, -0.2) is 21.5 Å². The molecule has 24 heavy (non-hydrogen) atoms. The second-order valence-electron chi connectivity index (χ2n) is 5.71. The van der Waals surface area contributed by atoms with Gasteiger partial charge in [0.25, 0.3) is 0 Å². The first-order valence-corrected chi connectivity index (χ1v) is 7.92. The standard InChI is InChI=1S/C18H18N6/c19-24(16-7-3-4-10-20-16)18-21-11-8-17(22-18)23-12-9-14-5-1-2-6-15(14)13-23/h1-8,10-11H,9,12-13,19H2. The zero-order chi connectivity index (χ0) is 16.4. The van der Waals surface area contributed by atoms with Gasteiger partial charge in [-0.1, -0.05) is 30.3 Å². The van der Waals surface area contributed by atoms with Crippen molar-refractivity contribution in [3.8, 4) is 0 Å². The number of aromatic nitrogens is 3. The normalized spacial score (nSPS) is 13.5. The van der Waals surface area contributed by atoms with Gasteiger partial charge in [0.05, 0.1) is 0 Å². The lowest BCUT2D eigenvalue weighted by Crippen LogP contribution is -2.32. The van der Waals surface area contributed by atoms with E-state index in [4.69, 9.17) is 5.84 Å². The summed E-state index contributed by atoms with van der Waals surface area (Å²) < 4.78 is 0. The lowest BCUT2D eigenvalue weighted by atomic mass is 10.00. The van der Waals surface area contributed by atoms with Crippen molar-refractivity contribution < 1.29 is 0 Å². The molecule has 1 aliphatic rings. The van der Waals surface area contributed by atoms with E-state index in [1.165, 1.54) is 16.1 Å². The summed E-state index contributed by atoms with van der Waals surface area (Å²) in [5.41, 5.74) is 2.76. The van der Waals surface area contributed by atoms with Gasteiger partial charge in [-0.3, -0.25) is 0 Å². The number of benzene rings is 1. The number of hydrazine groups is 1. The quantitative estimate of drug-likeness (QED) is 0.591. The number of hydrogen-bond acceptors (Lipinski definition) is 6. The molecule has 3 aromatic rings. The average molecular weight is 318 g/mol. The van der Waals surface area contributed by atoms with Crippen molar-refractivity contribution in [1.82, 2.24) is 15.0 Å². The molecule has 4 rings (SSSR count). The number of nitrogens with zero attached hydrogens (tertiary/aromatic N) is 5. The van der Waals surface area contributed by atoms with E-state index in [1.54, 1.807) is 12.4 Å². The van der Waals surface area contributed by atoms with Crippen LogP contribution < -0.4 is 15.8 Å². The topological polar surface area (TPSA) is 71.2 Å². The molecule has 0 spiro atoms. The van der Waals surface area contributed by atoms with Crippen LogP contribution in [0, 0.1) is 0 Å². The van der Waals surface area contributed by atoms with E-state index in [-0.39, 0.29) is 0 Å². The molecule has 6 heteroatoms. The summed E-state index contributed by atoms with van der Waals surface area (Å²) in [6, 6.07) is 16.0. The van der Waals surface area contributed by atoms with Crippen LogP contribution in [0.4, 0.5) is 17.6 Å². The Kier molecular flexibility index (Phi) is 3.80. The fourth-order valence-corrected chi connectivity index (χ4v) is 2.92. The van der Waals surface area contributed by atoms with Crippen LogP contribution in [0.15, 0.2) is 60.9 Å². The molecule has 1 aliphatic heterocycles. The molecule has 0 unspecified atom stereocenters. The first-order valence-electron chi connectivity index (χ1n) is 7.92. The van der Waals surface area contributed by atoms with E-state index in [1.807, 2.05) is 24.3 Å². The summed E-state index contributed by atoms with van der Waals surface area (Å²) in [6.07, 6.45) is 4.45. The minimum Gasteiger partial charge on any atom is -0.352 e. The van der Waals surface area contributed by atoms with Gasteiger partial charge in [-0.2, -0.15) is 4.98 Å². The van der Waals surface area contributed by atoms with E-state index in [0.29, 0.717) is 11.8 Å². The Bertz CT molecular complexity index is 836. The highest BCUT2D eigenvalue weighted by atomic mass is 15.5. The zero-order valence-corrected chi connectivity index (χ0v) is 13.2. The molecule has 0 atom stereocenters. The zero-order valence-electron chi connectivity index (χ0n) is 13.2. The van der Waals surface area contributed by atoms with Gasteiger partial charge in [0.2, 0.25) is 5.95 Å². The first kappa shape index (κ1) is 14.6. The second kappa shape index (κ2) is 6.25. The molecule has 120 valence electrons.